The number of aromatic hydroxyl groups is 1. The van der Waals surface area contributed by atoms with Gasteiger partial charge in [-0.15, -0.1) is 0 Å². The van der Waals surface area contributed by atoms with Gasteiger partial charge in [-0.05, 0) is 24.1 Å². The van der Waals surface area contributed by atoms with Crippen LogP contribution in [-0.2, 0) is 6.42 Å². The monoisotopic (exact) mass is 232 g/mol. The first-order chi connectivity index (χ1) is 8.06. The molecule has 0 amide bonds. The van der Waals surface area contributed by atoms with E-state index >= 15 is 0 Å². The Kier molecular flexibility index (Phi) is 2.99. The fourth-order valence-electron chi connectivity index (χ4n) is 1.63. The van der Waals surface area contributed by atoms with Gasteiger partial charge in [0.25, 0.3) is 0 Å². The molecule has 0 unspecified atom stereocenters. The zero-order valence-corrected chi connectivity index (χ0v) is 9.94. The Bertz CT molecular complexity index is 519. The highest BCUT2D eigenvalue weighted by Crippen LogP contribution is 2.28. The van der Waals surface area contributed by atoms with Crippen LogP contribution in [0.4, 0.5) is 5.69 Å². The fourth-order valence-corrected chi connectivity index (χ4v) is 1.63. The molecule has 0 fully saturated rings. The van der Waals surface area contributed by atoms with Crippen LogP contribution in [0, 0.1) is 5.92 Å². The minimum absolute atomic E-state index is 0.134. The normalized spacial score (nSPS) is 11.0. The van der Waals surface area contributed by atoms with E-state index in [0.717, 1.165) is 12.2 Å². The van der Waals surface area contributed by atoms with Crippen molar-refractivity contribution in [1.29, 1.82) is 0 Å². The number of nitrogens with one attached hydrogen (secondary N) is 1. The third-order valence-electron chi connectivity index (χ3n) is 2.39. The van der Waals surface area contributed by atoms with Crippen LogP contribution in [0.5, 0.6) is 5.75 Å². The van der Waals surface area contributed by atoms with Crippen LogP contribution >= 0.6 is 0 Å². The summed E-state index contributed by atoms with van der Waals surface area (Å²) < 4.78 is 0. The standard InChI is InChI=1S/C12H16N4O/c1-7(2)5-11-14-12(16-15-11)9-6-8(13)3-4-10(9)17/h3-4,6-7,17H,5,13H2,1-2H3,(H,14,15,16). The summed E-state index contributed by atoms with van der Waals surface area (Å²) in [6.07, 6.45) is 0.829. The molecule has 2 aromatic rings. The summed E-state index contributed by atoms with van der Waals surface area (Å²) in [4.78, 5) is 4.34. The summed E-state index contributed by atoms with van der Waals surface area (Å²) >= 11 is 0. The number of anilines is 1. The van der Waals surface area contributed by atoms with Gasteiger partial charge in [-0.1, -0.05) is 13.8 Å². The van der Waals surface area contributed by atoms with Crippen molar-refractivity contribution in [2.75, 3.05) is 5.73 Å². The van der Waals surface area contributed by atoms with Crippen LogP contribution in [0.3, 0.4) is 0 Å². The number of nitrogens with zero attached hydrogens (tertiary/aromatic N) is 2. The van der Waals surface area contributed by atoms with E-state index in [1.54, 1.807) is 18.2 Å². The smallest absolute Gasteiger partial charge is 0.184 e. The topological polar surface area (TPSA) is 87.8 Å². The predicted octanol–water partition coefficient (Wildman–Crippen LogP) is 1.96. The van der Waals surface area contributed by atoms with E-state index in [0.29, 0.717) is 23.0 Å². The molecule has 90 valence electrons. The Hall–Kier alpha value is -2.04. The number of phenols is 1. The molecule has 0 aliphatic heterocycles. The van der Waals surface area contributed by atoms with E-state index in [1.807, 2.05) is 0 Å². The first-order valence-electron chi connectivity index (χ1n) is 5.56. The summed E-state index contributed by atoms with van der Waals surface area (Å²) in [5.41, 5.74) is 6.80. The Labute approximate surface area is 99.7 Å². The van der Waals surface area contributed by atoms with Crippen molar-refractivity contribution in [2.45, 2.75) is 20.3 Å². The van der Waals surface area contributed by atoms with Gasteiger partial charge in [-0.3, -0.25) is 5.10 Å². The number of H-pyrrole nitrogens is 1. The second kappa shape index (κ2) is 4.45. The van der Waals surface area contributed by atoms with E-state index in [-0.39, 0.29) is 5.75 Å². The fraction of sp³-hybridized carbons (Fsp3) is 0.333. The number of hydrogen-bond donors (Lipinski definition) is 3. The lowest BCUT2D eigenvalue weighted by Crippen LogP contribution is -1.96. The lowest BCUT2D eigenvalue weighted by Gasteiger charge is -2.01. The number of benzene rings is 1. The van der Waals surface area contributed by atoms with Crippen molar-refractivity contribution in [3.8, 4) is 17.1 Å². The average molecular weight is 232 g/mol. The summed E-state index contributed by atoms with van der Waals surface area (Å²) in [6, 6.07) is 4.85. The van der Waals surface area contributed by atoms with E-state index in [9.17, 15) is 5.11 Å². The molecule has 0 saturated carbocycles. The number of phenolic OH excluding ortho intramolecular Hbond substituents is 1. The number of nitrogens with two attached hydrogens (primary N) is 1. The molecule has 0 bridgehead atoms. The summed E-state index contributed by atoms with van der Waals surface area (Å²) in [5.74, 6) is 1.93. The molecule has 0 aliphatic carbocycles. The first kappa shape index (κ1) is 11.4. The Morgan fingerprint density at radius 3 is 2.88 bits per heavy atom. The maximum Gasteiger partial charge on any atom is 0.184 e. The zero-order valence-electron chi connectivity index (χ0n) is 9.94. The van der Waals surface area contributed by atoms with Gasteiger partial charge in [0.2, 0.25) is 0 Å². The minimum Gasteiger partial charge on any atom is -0.507 e. The Balaban J connectivity index is 2.33. The first-order valence-corrected chi connectivity index (χ1v) is 5.56. The highest BCUT2D eigenvalue weighted by Gasteiger charge is 2.11. The lowest BCUT2D eigenvalue weighted by molar-refractivity contribution is 0.477. The number of aromatic amines is 1. The predicted molar refractivity (Wildman–Crippen MR) is 66.4 cm³/mol. The molecule has 0 aliphatic rings. The molecule has 5 heteroatoms. The van der Waals surface area contributed by atoms with Crippen molar-refractivity contribution < 1.29 is 5.11 Å². The van der Waals surface area contributed by atoms with Gasteiger partial charge in [0, 0.05) is 12.1 Å². The number of nitrogen functional groups attached to an aromatic ring is 1. The van der Waals surface area contributed by atoms with Crippen LogP contribution in [0.2, 0.25) is 0 Å². The molecular formula is C12H16N4O. The van der Waals surface area contributed by atoms with Gasteiger partial charge < -0.3 is 10.8 Å². The van der Waals surface area contributed by atoms with Crippen molar-refractivity contribution in [2.24, 2.45) is 5.92 Å². The largest absolute Gasteiger partial charge is 0.507 e. The Morgan fingerprint density at radius 2 is 2.18 bits per heavy atom. The van der Waals surface area contributed by atoms with Crippen LogP contribution < -0.4 is 5.73 Å². The van der Waals surface area contributed by atoms with Crippen molar-refractivity contribution >= 4 is 5.69 Å². The quantitative estimate of drug-likeness (QED) is 0.557. The molecule has 4 N–H and O–H groups in total. The van der Waals surface area contributed by atoms with Crippen molar-refractivity contribution in [3.63, 3.8) is 0 Å². The second-order valence-corrected chi connectivity index (χ2v) is 4.48. The van der Waals surface area contributed by atoms with Crippen LogP contribution in [-0.4, -0.2) is 20.3 Å². The maximum absolute atomic E-state index is 9.73. The van der Waals surface area contributed by atoms with Gasteiger partial charge in [-0.25, -0.2) is 4.98 Å². The molecule has 0 spiro atoms. The molecule has 1 heterocycles. The molecule has 0 atom stereocenters. The van der Waals surface area contributed by atoms with Crippen LogP contribution in [0.25, 0.3) is 11.4 Å². The minimum atomic E-state index is 0.134. The van der Waals surface area contributed by atoms with Crippen LogP contribution in [0.1, 0.15) is 19.7 Å². The molecule has 17 heavy (non-hydrogen) atoms. The molecule has 1 aromatic carbocycles. The zero-order chi connectivity index (χ0) is 12.4. The van der Waals surface area contributed by atoms with Crippen molar-refractivity contribution in [1.82, 2.24) is 15.2 Å². The molecule has 2 rings (SSSR count). The molecule has 1 aromatic heterocycles. The van der Waals surface area contributed by atoms with Crippen LogP contribution in [0.15, 0.2) is 18.2 Å². The third kappa shape index (κ3) is 2.55. The molecule has 0 saturated heterocycles. The van der Waals surface area contributed by atoms with Crippen molar-refractivity contribution in [3.05, 3.63) is 24.0 Å². The highest BCUT2D eigenvalue weighted by molar-refractivity contribution is 5.68. The summed E-state index contributed by atoms with van der Waals surface area (Å²) in [5, 5.41) is 16.7. The van der Waals surface area contributed by atoms with E-state index in [2.05, 4.69) is 29.0 Å². The lowest BCUT2D eigenvalue weighted by atomic mass is 10.1. The number of hydrogen-bond acceptors (Lipinski definition) is 4. The maximum atomic E-state index is 9.73. The molecular weight excluding hydrogens is 216 g/mol. The van der Waals surface area contributed by atoms with Gasteiger partial charge >= 0.3 is 0 Å². The highest BCUT2D eigenvalue weighted by atomic mass is 16.3. The molecule has 0 radical (unpaired) electrons. The van der Waals surface area contributed by atoms with Gasteiger partial charge in [-0.2, -0.15) is 5.10 Å². The summed E-state index contributed by atoms with van der Waals surface area (Å²) in [7, 11) is 0. The van der Waals surface area contributed by atoms with E-state index in [4.69, 9.17) is 5.73 Å². The van der Waals surface area contributed by atoms with E-state index in [1.165, 1.54) is 0 Å². The number of aromatic nitrogens is 3. The third-order valence-corrected chi connectivity index (χ3v) is 2.39. The average Bonchev–Trinajstić information content (AvgIpc) is 2.69. The SMILES string of the molecule is CC(C)Cc1nc(-c2cc(N)ccc2O)n[nH]1. The van der Waals surface area contributed by atoms with Gasteiger partial charge in [0.1, 0.15) is 11.6 Å². The Morgan fingerprint density at radius 1 is 1.41 bits per heavy atom. The van der Waals surface area contributed by atoms with Gasteiger partial charge in [0.15, 0.2) is 5.82 Å². The molecule has 5 nitrogen and oxygen atoms in total. The summed E-state index contributed by atoms with van der Waals surface area (Å²) in [6.45, 7) is 4.22. The number of rotatable bonds is 3. The van der Waals surface area contributed by atoms with E-state index < -0.39 is 0 Å². The second-order valence-electron chi connectivity index (χ2n) is 4.48. The van der Waals surface area contributed by atoms with Gasteiger partial charge in [0.05, 0.1) is 5.56 Å².